The van der Waals surface area contributed by atoms with Crippen LogP contribution in [0.5, 0.6) is 11.5 Å². The number of ether oxygens (including phenoxy) is 2. The molecule has 0 aliphatic rings. The summed E-state index contributed by atoms with van der Waals surface area (Å²) >= 11 is 0. The van der Waals surface area contributed by atoms with Crippen LogP contribution >= 0.6 is 0 Å². The van der Waals surface area contributed by atoms with Crippen molar-refractivity contribution in [3.63, 3.8) is 0 Å². The summed E-state index contributed by atoms with van der Waals surface area (Å²) in [6, 6.07) is 5.49. The van der Waals surface area contributed by atoms with Gasteiger partial charge < -0.3 is 9.47 Å². The average molecular weight is 209 g/mol. The van der Waals surface area contributed by atoms with Gasteiger partial charge in [0.05, 0.1) is 0 Å². The lowest BCUT2D eigenvalue weighted by molar-refractivity contribution is -0.0543. The average Bonchev–Trinajstić information content (AvgIpc) is 2.01. The lowest BCUT2D eigenvalue weighted by atomic mass is 10.3. The Morgan fingerprint density at radius 1 is 1.07 bits per heavy atom. The van der Waals surface area contributed by atoms with Gasteiger partial charge in [-0.15, -0.1) is 0 Å². The number of benzene rings is 1. The van der Waals surface area contributed by atoms with Crippen molar-refractivity contribution >= 4 is 0 Å². The van der Waals surface area contributed by atoms with E-state index in [0.717, 1.165) is 18.2 Å². The first-order valence-electron chi connectivity index (χ1n) is 3.49. The van der Waals surface area contributed by atoms with Crippen molar-refractivity contribution in [2.24, 2.45) is 0 Å². The monoisotopic (exact) mass is 209 g/mol. The van der Waals surface area contributed by atoms with Crippen molar-refractivity contribution in [3.05, 3.63) is 24.3 Å². The van der Waals surface area contributed by atoms with E-state index in [2.05, 4.69) is 15.5 Å². The van der Waals surface area contributed by atoms with Crippen LogP contribution < -0.4 is 9.47 Å². The van der Waals surface area contributed by atoms with E-state index < -0.39 is 13.2 Å². The molecule has 0 atom stereocenters. The second-order valence-electron chi connectivity index (χ2n) is 2.15. The molecule has 2 nitrogen and oxygen atoms in total. The summed E-state index contributed by atoms with van der Waals surface area (Å²) in [5.41, 5.74) is 0. The molecule has 0 N–H and O–H groups in total. The third kappa shape index (κ3) is 3.51. The molecule has 6 heteroatoms. The Labute approximate surface area is 77.1 Å². The normalized spacial score (nSPS) is 10.7. The van der Waals surface area contributed by atoms with E-state index in [1.54, 1.807) is 0 Å². The Bertz CT molecular complexity index is 265. The van der Waals surface area contributed by atoms with Crippen molar-refractivity contribution in [1.29, 1.82) is 0 Å². The van der Waals surface area contributed by atoms with Crippen LogP contribution in [0.2, 0.25) is 0 Å². The summed E-state index contributed by atoms with van der Waals surface area (Å²) in [4.78, 5) is 0. The third-order valence-electron chi connectivity index (χ3n) is 1.19. The molecule has 0 saturated carbocycles. The third-order valence-corrected chi connectivity index (χ3v) is 1.19. The van der Waals surface area contributed by atoms with Crippen LogP contribution in [0.1, 0.15) is 0 Å². The molecule has 0 aliphatic heterocycles. The van der Waals surface area contributed by atoms with Gasteiger partial charge in [0.2, 0.25) is 0 Å². The maximum absolute atomic E-state index is 11.7. The highest BCUT2D eigenvalue weighted by Gasteiger charge is 2.08. The molecule has 1 radical (unpaired) electrons. The zero-order valence-electron chi connectivity index (χ0n) is 6.72. The smallest absolute Gasteiger partial charge is 0.387 e. The minimum Gasteiger partial charge on any atom is -0.435 e. The van der Waals surface area contributed by atoms with Crippen LogP contribution in [-0.4, -0.2) is 13.2 Å². The van der Waals surface area contributed by atoms with Crippen molar-refractivity contribution in [1.82, 2.24) is 0 Å². The highest BCUT2D eigenvalue weighted by Crippen LogP contribution is 2.21. The molecular formula is C8H5F4O2. The molecule has 0 fully saturated rings. The van der Waals surface area contributed by atoms with Gasteiger partial charge in [0, 0.05) is 12.1 Å². The molecule has 0 spiro atoms. The Hall–Kier alpha value is -1.46. The molecule has 1 aromatic rings. The summed E-state index contributed by atoms with van der Waals surface area (Å²) < 4.78 is 54.6. The Balaban J connectivity index is 2.68. The predicted octanol–water partition coefficient (Wildman–Crippen LogP) is 2.69. The summed E-state index contributed by atoms with van der Waals surface area (Å²) in [5, 5.41) is 0. The molecule has 0 bridgehead atoms. The number of rotatable bonds is 4. The molecule has 0 saturated heterocycles. The fourth-order valence-electron chi connectivity index (χ4n) is 0.765. The summed E-state index contributed by atoms with van der Waals surface area (Å²) in [7, 11) is 0. The lowest BCUT2D eigenvalue weighted by Crippen LogP contribution is -2.04. The first kappa shape index (κ1) is 10.6. The zero-order chi connectivity index (χ0) is 10.6. The quantitative estimate of drug-likeness (QED) is 0.709. The molecule has 0 aromatic heterocycles. The van der Waals surface area contributed by atoms with Crippen molar-refractivity contribution in [2.45, 2.75) is 13.2 Å². The van der Waals surface area contributed by atoms with E-state index in [1.165, 1.54) is 0 Å². The molecule has 0 aliphatic carbocycles. The van der Waals surface area contributed by atoms with Crippen LogP contribution in [-0.2, 0) is 0 Å². The summed E-state index contributed by atoms with van der Waals surface area (Å²) in [5.74, 6) is -0.604. The Kier molecular flexibility index (Phi) is 3.55. The van der Waals surface area contributed by atoms with Gasteiger partial charge in [0.15, 0.2) is 0 Å². The second kappa shape index (κ2) is 4.69. The van der Waals surface area contributed by atoms with Gasteiger partial charge in [-0.2, -0.15) is 17.6 Å². The van der Waals surface area contributed by atoms with E-state index in [4.69, 9.17) is 0 Å². The standard InChI is InChI=1S/C8H5F4O2/c9-7(10)13-5-2-1-3-6(4-5)14-8(11)12/h1-2,4,7-8H. The molecule has 0 heterocycles. The van der Waals surface area contributed by atoms with Gasteiger partial charge in [-0.1, -0.05) is 0 Å². The fourth-order valence-corrected chi connectivity index (χ4v) is 0.765. The van der Waals surface area contributed by atoms with E-state index in [-0.39, 0.29) is 11.5 Å². The number of hydrogen-bond donors (Lipinski definition) is 0. The first-order chi connectivity index (χ1) is 6.58. The molecule has 0 unspecified atom stereocenters. The predicted molar refractivity (Wildman–Crippen MR) is 38.5 cm³/mol. The van der Waals surface area contributed by atoms with Crippen molar-refractivity contribution < 1.29 is 27.0 Å². The number of halogens is 4. The van der Waals surface area contributed by atoms with Gasteiger partial charge >= 0.3 is 13.2 Å². The highest BCUT2D eigenvalue weighted by atomic mass is 19.3. The van der Waals surface area contributed by atoms with Gasteiger partial charge in [0.1, 0.15) is 11.5 Å². The van der Waals surface area contributed by atoms with E-state index >= 15 is 0 Å². The van der Waals surface area contributed by atoms with Gasteiger partial charge in [0.25, 0.3) is 0 Å². The Morgan fingerprint density at radius 3 is 2.29 bits per heavy atom. The van der Waals surface area contributed by atoms with Crippen molar-refractivity contribution in [2.75, 3.05) is 0 Å². The van der Waals surface area contributed by atoms with Crippen LogP contribution in [0, 0.1) is 6.07 Å². The van der Waals surface area contributed by atoms with Gasteiger partial charge in [-0.25, -0.2) is 0 Å². The second-order valence-corrected chi connectivity index (χ2v) is 2.15. The van der Waals surface area contributed by atoms with Crippen LogP contribution in [0.3, 0.4) is 0 Å². The van der Waals surface area contributed by atoms with Gasteiger partial charge in [-0.3, -0.25) is 0 Å². The molecular weight excluding hydrogens is 204 g/mol. The summed E-state index contributed by atoms with van der Waals surface area (Å²) in [6.45, 7) is -6.02. The first-order valence-corrected chi connectivity index (χ1v) is 3.49. The molecule has 1 rings (SSSR count). The molecule has 14 heavy (non-hydrogen) atoms. The van der Waals surface area contributed by atoms with E-state index in [1.807, 2.05) is 0 Å². The van der Waals surface area contributed by atoms with Crippen molar-refractivity contribution in [3.8, 4) is 11.5 Å². The molecule has 1 aromatic carbocycles. The van der Waals surface area contributed by atoms with Crippen LogP contribution in [0.15, 0.2) is 18.2 Å². The van der Waals surface area contributed by atoms with Crippen LogP contribution in [0.25, 0.3) is 0 Å². The number of alkyl halides is 4. The SMILES string of the molecule is FC(F)Oc1[c]ccc(OC(F)F)c1. The molecule has 77 valence electrons. The lowest BCUT2D eigenvalue weighted by Gasteiger charge is -2.06. The van der Waals surface area contributed by atoms with Crippen LogP contribution in [0.4, 0.5) is 17.6 Å². The minimum absolute atomic E-state index is 0.255. The maximum atomic E-state index is 11.7. The van der Waals surface area contributed by atoms with Gasteiger partial charge in [-0.05, 0) is 12.1 Å². The van der Waals surface area contributed by atoms with E-state index in [9.17, 15) is 17.6 Å². The summed E-state index contributed by atoms with van der Waals surface area (Å²) in [6.07, 6.45) is 0. The topological polar surface area (TPSA) is 18.5 Å². The Morgan fingerprint density at radius 2 is 1.71 bits per heavy atom. The minimum atomic E-state index is -3.02. The number of hydrogen-bond acceptors (Lipinski definition) is 2. The highest BCUT2D eigenvalue weighted by molar-refractivity contribution is 5.31. The maximum Gasteiger partial charge on any atom is 0.387 e. The van der Waals surface area contributed by atoms with E-state index in [0.29, 0.717) is 0 Å². The largest absolute Gasteiger partial charge is 0.435 e. The zero-order valence-corrected chi connectivity index (χ0v) is 6.72. The molecule has 0 amide bonds. The fraction of sp³-hybridized carbons (Fsp3) is 0.250.